The van der Waals surface area contributed by atoms with Crippen molar-refractivity contribution in [2.24, 2.45) is 0 Å². The number of pyridine rings is 1. The van der Waals surface area contributed by atoms with E-state index < -0.39 is 37.3 Å². The maximum atomic E-state index is 15.0. The van der Waals surface area contributed by atoms with Crippen LogP contribution in [0.15, 0.2) is 60.9 Å². The van der Waals surface area contributed by atoms with Gasteiger partial charge < -0.3 is 16.2 Å². The normalized spacial score (nSPS) is 12.2. The van der Waals surface area contributed by atoms with Gasteiger partial charge in [-0.25, -0.2) is 22.8 Å². The predicted octanol–water partition coefficient (Wildman–Crippen LogP) is 5.44. The molecule has 1 amide bonds. The topological polar surface area (TPSA) is 106 Å². The number of nitrogens with one attached hydrogen (secondary N) is 1. The molecule has 0 spiro atoms. The van der Waals surface area contributed by atoms with Gasteiger partial charge in [0.05, 0.1) is 24.4 Å². The quantitative estimate of drug-likeness (QED) is 0.263. The van der Waals surface area contributed by atoms with E-state index in [0.717, 1.165) is 12.1 Å². The lowest BCUT2D eigenvalue weighted by atomic mass is 9.99. The monoisotopic (exact) mass is 531 g/mol. The Kier molecular flexibility index (Phi) is 7.72. The Bertz CT molecular complexity index is 1470. The minimum atomic E-state index is -2.82. The zero-order valence-electron chi connectivity index (χ0n) is 19.9. The molecule has 0 saturated heterocycles. The van der Waals surface area contributed by atoms with Gasteiger partial charge in [-0.2, -0.15) is 13.9 Å². The standard InChI is InChI=1S/C26H22F5N5O2/c1-13-20(11-34-36(13)26(30)31)17-8-19(24(32)33-10-17)14-5-6-18(21(27)9-14)25(38)35-22(12-37)15-3-2-4-16(7-15)23(28)29/h2-11,22-23,26,37H,12H2,1H3,(H2,32,33)(H,35,38)/t22-/m1/s1. The second kappa shape index (κ2) is 11.0. The van der Waals surface area contributed by atoms with Crippen LogP contribution in [0.4, 0.5) is 27.8 Å². The highest BCUT2D eigenvalue weighted by atomic mass is 19.3. The summed E-state index contributed by atoms with van der Waals surface area (Å²) in [7, 11) is 0. The second-order valence-electron chi connectivity index (χ2n) is 8.40. The zero-order valence-corrected chi connectivity index (χ0v) is 19.9. The molecule has 0 bridgehead atoms. The Morgan fingerprint density at radius 1 is 1.03 bits per heavy atom. The molecule has 0 saturated carbocycles. The smallest absolute Gasteiger partial charge is 0.333 e. The maximum absolute atomic E-state index is 15.0. The van der Waals surface area contributed by atoms with Crippen LogP contribution in [0.2, 0.25) is 0 Å². The number of hydrogen-bond acceptors (Lipinski definition) is 5. The summed E-state index contributed by atoms with van der Waals surface area (Å²) in [6, 6.07) is 9.39. The summed E-state index contributed by atoms with van der Waals surface area (Å²) in [5, 5.41) is 15.8. The summed E-state index contributed by atoms with van der Waals surface area (Å²) in [5.74, 6) is -1.74. The number of nitrogens with two attached hydrogens (primary N) is 1. The average Bonchev–Trinajstić information content (AvgIpc) is 3.28. The first kappa shape index (κ1) is 26.7. The molecule has 0 aliphatic carbocycles. The Hall–Kier alpha value is -4.32. The maximum Gasteiger partial charge on any atom is 0.333 e. The van der Waals surface area contributed by atoms with Gasteiger partial charge in [-0.3, -0.25) is 4.79 Å². The Morgan fingerprint density at radius 3 is 2.39 bits per heavy atom. The molecule has 0 radical (unpaired) electrons. The molecule has 198 valence electrons. The lowest BCUT2D eigenvalue weighted by Crippen LogP contribution is -2.31. The third-order valence-electron chi connectivity index (χ3n) is 6.04. The van der Waals surface area contributed by atoms with Crippen molar-refractivity contribution in [2.45, 2.75) is 25.9 Å². The van der Waals surface area contributed by atoms with E-state index >= 15 is 4.39 Å². The first-order valence-electron chi connectivity index (χ1n) is 11.3. The number of aromatic nitrogens is 3. The summed E-state index contributed by atoms with van der Waals surface area (Å²) in [4.78, 5) is 16.8. The molecule has 0 aliphatic heterocycles. The Labute approximate surface area is 213 Å². The zero-order chi connectivity index (χ0) is 27.6. The fourth-order valence-electron chi connectivity index (χ4n) is 4.01. The Balaban J connectivity index is 1.60. The number of hydrogen-bond donors (Lipinski definition) is 3. The molecule has 1 atom stereocenters. The highest BCUT2D eigenvalue weighted by Crippen LogP contribution is 2.33. The number of aliphatic hydroxyl groups is 1. The fourth-order valence-corrected chi connectivity index (χ4v) is 4.01. The highest BCUT2D eigenvalue weighted by molar-refractivity contribution is 5.95. The number of carbonyl (C=O) groups excluding carboxylic acids is 1. The van der Waals surface area contributed by atoms with Gasteiger partial charge in [0.25, 0.3) is 12.3 Å². The number of amides is 1. The molecular formula is C26H22F5N5O2. The number of carbonyl (C=O) groups is 1. The highest BCUT2D eigenvalue weighted by Gasteiger charge is 2.21. The molecule has 2 aromatic heterocycles. The Morgan fingerprint density at radius 2 is 1.76 bits per heavy atom. The second-order valence-corrected chi connectivity index (χ2v) is 8.40. The molecule has 2 heterocycles. The minimum absolute atomic E-state index is 0.0449. The van der Waals surface area contributed by atoms with Gasteiger partial charge in [0.1, 0.15) is 11.6 Å². The predicted molar refractivity (Wildman–Crippen MR) is 130 cm³/mol. The van der Waals surface area contributed by atoms with Crippen LogP contribution in [0.25, 0.3) is 22.3 Å². The third-order valence-corrected chi connectivity index (χ3v) is 6.04. The minimum Gasteiger partial charge on any atom is -0.394 e. The van der Waals surface area contributed by atoms with Crippen LogP contribution in [0.5, 0.6) is 0 Å². The van der Waals surface area contributed by atoms with Gasteiger partial charge in [-0.15, -0.1) is 0 Å². The summed E-state index contributed by atoms with van der Waals surface area (Å²) in [6.07, 6.45) is -0.0875. The molecule has 4 rings (SSSR count). The molecule has 12 heteroatoms. The number of aliphatic hydroxyl groups excluding tert-OH is 1. The molecule has 2 aromatic carbocycles. The van der Waals surface area contributed by atoms with Crippen LogP contribution >= 0.6 is 0 Å². The van der Waals surface area contributed by atoms with Crippen LogP contribution in [-0.4, -0.2) is 32.4 Å². The van der Waals surface area contributed by atoms with Crippen LogP contribution in [0.1, 0.15) is 46.2 Å². The molecule has 7 nitrogen and oxygen atoms in total. The third kappa shape index (κ3) is 5.35. The van der Waals surface area contributed by atoms with E-state index in [0.29, 0.717) is 21.4 Å². The van der Waals surface area contributed by atoms with Gasteiger partial charge in [0.15, 0.2) is 0 Å². The first-order chi connectivity index (χ1) is 18.1. The number of benzene rings is 2. The first-order valence-corrected chi connectivity index (χ1v) is 11.3. The largest absolute Gasteiger partial charge is 0.394 e. The van der Waals surface area contributed by atoms with E-state index in [1.807, 2.05) is 0 Å². The summed E-state index contributed by atoms with van der Waals surface area (Å²) < 4.78 is 67.9. The van der Waals surface area contributed by atoms with Gasteiger partial charge in [-0.1, -0.05) is 24.3 Å². The molecule has 0 unspecified atom stereocenters. The lowest BCUT2D eigenvalue weighted by molar-refractivity contribution is 0.0545. The van der Waals surface area contributed by atoms with Crippen LogP contribution in [-0.2, 0) is 0 Å². The molecule has 4 N–H and O–H groups in total. The van der Waals surface area contributed by atoms with Crippen molar-refractivity contribution in [3.8, 4) is 22.3 Å². The van der Waals surface area contributed by atoms with E-state index in [-0.39, 0.29) is 33.8 Å². The van der Waals surface area contributed by atoms with E-state index in [1.54, 1.807) is 6.07 Å². The molecule has 0 aliphatic rings. The average molecular weight is 531 g/mol. The number of nitrogens with zero attached hydrogens (tertiary/aromatic N) is 3. The van der Waals surface area contributed by atoms with Crippen molar-refractivity contribution in [1.82, 2.24) is 20.1 Å². The van der Waals surface area contributed by atoms with Crippen molar-refractivity contribution >= 4 is 11.7 Å². The van der Waals surface area contributed by atoms with Crippen molar-refractivity contribution in [3.05, 3.63) is 89.1 Å². The molecular weight excluding hydrogens is 509 g/mol. The summed E-state index contributed by atoms with van der Waals surface area (Å²) >= 11 is 0. The van der Waals surface area contributed by atoms with Crippen LogP contribution < -0.4 is 11.1 Å². The molecule has 4 aromatic rings. The summed E-state index contributed by atoms with van der Waals surface area (Å²) in [6.45, 7) is -1.95. The van der Waals surface area contributed by atoms with Crippen molar-refractivity contribution in [2.75, 3.05) is 12.3 Å². The number of rotatable bonds is 8. The van der Waals surface area contributed by atoms with Gasteiger partial charge in [0, 0.05) is 34.1 Å². The van der Waals surface area contributed by atoms with Gasteiger partial charge in [-0.05, 0) is 42.3 Å². The van der Waals surface area contributed by atoms with E-state index in [2.05, 4.69) is 15.4 Å². The van der Waals surface area contributed by atoms with Crippen molar-refractivity contribution < 1.29 is 31.9 Å². The fraction of sp³-hybridized carbons (Fsp3) is 0.192. The van der Waals surface area contributed by atoms with Crippen molar-refractivity contribution in [3.63, 3.8) is 0 Å². The van der Waals surface area contributed by atoms with Crippen molar-refractivity contribution in [1.29, 1.82) is 0 Å². The van der Waals surface area contributed by atoms with Crippen LogP contribution in [0, 0.1) is 12.7 Å². The van der Waals surface area contributed by atoms with E-state index in [1.165, 1.54) is 49.6 Å². The molecule has 0 fully saturated rings. The van der Waals surface area contributed by atoms with Crippen LogP contribution in [0.3, 0.4) is 0 Å². The SMILES string of the molecule is Cc1c(-c2cnc(N)c(-c3ccc(C(=O)N[C@H](CO)c4cccc(C(F)F)c4)c(F)c3)c2)cnn1C(F)F. The van der Waals surface area contributed by atoms with Gasteiger partial charge >= 0.3 is 6.55 Å². The number of alkyl halides is 4. The summed E-state index contributed by atoms with van der Waals surface area (Å²) in [5.41, 5.74) is 7.18. The number of nitrogen functional groups attached to an aromatic ring is 1. The number of halogens is 5. The van der Waals surface area contributed by atoms with Gasteiger partial charge in [0.2, 0.25) is 0 Å². The number of anilines is 1. The van der Waals surface area contributed by atoms with E-state index in [4.69, 9.17) is 5.73 Å². The molecule has 38 heavy (non-hydrogen) atoms. The lowest BCUT2D eigenvalue weighted by Gasteiger charge is -2.18. The van der Waals surface area contributed by atoms with E-state index in [9.17, 15) is 27.5 Å².